The highest BCUT2D eigenvalue weighted by Crippen LogP contribution is 2.55. The number of hydrogen-bond donors (Lipinski definition) is 4. The van der Waals surface area contributed by atoms with Gasteiger partial charge in [-0.3, -0.25) is 24.1 Å². The average Bonchev–Trinajstić information content (AvgIpc) is 4.02. The standard InChI is InChI=1S/C57H73ClN8O6S/c1-34(37-17-19-38(20-18-37)48-35(2)60-33-73-48)61-51(70)46-26-43(67)31-66(46)52(71)49(55(3,4)5)62-47(68)32-65-41-22-23-42(65)30-64(29-41)25-11-10-12-36-13-15-39(16-14-36)50(69)63-53-56(6,7)54(57(53,8)9)72-44-24-21-40(28-59)45(58)27-44/h13-21,24,27,33-34,41-43,46,49,53-54,67H,10-12,22-23,25-26,29-32H2,1-9H3,(H,61,70)(H,62,68)(H,63,69)/t34-,41-,42-,43-,46+,49+,53-,54-/m0/s1. The highest BCUT2D eigenvalue weighted by atomic mass is 35.5. The Balaban J connectivity index is 0.773. The Morgan fingerprint density at radius 3 is 2.22 bits per heavy atom. The largest absolute Gasteiger partial charge is 0.489 e. The molecular formula is C57H73ClN8O6S. The minimum Gasteiger partial charge on any atom is -0.489 e. The Labute approximate surface area is 440 Å². The monoisotopic (exact) mass is 1030 g/mol. The number of aryl methyl sites for hydroxylation is 2. The van der Waals surface area contributed by atoms with Gasteiger partial charge in [-0.05, 0) is 98.9 Å². The minimum absolute atomic E-state index is 0.0188. The van der Waals surface area contributed by atoms with Crippen molar-refractivity contribution in [3.63, 3.8) is 0 Å². The van der Waals surface area contributed by atoms with Crippen LogP contribution in [-0.2, 0) is 20.8 Å². The maximum Gasteiger partial charge on any atom is 0.251 e. The highest BCUT2D eigenvalue weighted by molar-refractivity contribution is 7.13. The van der Waals surface area contributed by atoms with Crippen LogP contribution in [0.2, 0.25) is 5.02 Å². The van der Waals surface area contributed by atoms with E-state index in [0.29, 0.717) is 21.9 Å². The zero-order valence-electron chi connectivity index (χ0n) is 43.8. The summed E-state index contributed by atoms with van der Waals surface area (Å²) in [5, 5.41) is 29.8. The van der Waals surface area contributed by atoms with Gasteiger partial charge in [0.15, 0.2) is 0 Å². The summed E-state index contributed by atoms with van der Waals surface area (Å²) in [4.78, 5) is 67.4. The maximum absolute atomic E-state index is 14.4. The van der Waals surface area contributed by atoms with Gasteiger partial charge in [0.2, 0.25) is 17.7 Å². The number of aliphatic hydroxyl groups excluding tert-OH is 1. The maximum atomic E-state index is 14.4. The molecule has 1 aromatic heterocycles. The van der Waals surface area contributed by atoms with Crippen LogP contribution in [0.5, 0.6) is 5.75 Å². The van der Waals surface area contributed by atoms with Crippen molar-refractivity contribution in [1.82, 2.24) is 35.6 Å². The van der Waals surface area contributed by atoms with Crippen molar-refractivity contribution in [2.24, 2.45) is 16.2 Å². The number of β-amino-alcohol motifs (C(OH)–C–C–N with tert-alkyl or cyclic N) is 1. The molecule has 0 radical (unpaired) electrons. The third-order valence-electron chi connectivity index (χ3n) is 15.9. The molecule has 0 spiro atoms. The lowest BCUT2D eigenvalue weighted by molar-refractivity contribution is -0.164. The lowest BCUT2D eigenvalue weighted by atomic mass is 9.49. The Morgan fingerprint density at radius 1 is 0.945 bits per heavy atom. The molecule has 8 rings (SSSR count). The Hall–Kier alpha value is -5.37. The molecule has 4 fully saturated rings. The van der Waals surface area contributed by atoms with Crippen LogP contribution in [0, 0.1) is 34.5 Å². The molecule has 3 aliphatic heterocycles. The second-order valence-electron chi connectivity index (χ2n) is 23.2. The van der Waals surface area contributed by atoms with E-state index in [4.69, 9.17) is 16.3 Å². The first-order valence-electron chi connectivity index (χ1n) is 25.9. The van der Waals surface area contributed by atoms with Gasteiger partial charge in [0.25, 0.3) is 5.91 Å². The predicted molar refractivity (Wildman–Crippen MR) is 285 cm³/mol. The number of nitriles is 1. The summed E-state index contributed by atoms with van der Waals surface area (Å²) in [6.45, 7) is 21.0. The Bertz CT molecular complexity index is 2670. The number of aromatic nitrogens is 1. The normalized spacial score (nSPS) is 24.2. The molecule has 3 saturated heterocycles. The van der Waals surface area contributed by atoms with Crippen LogP contribution in [0.25, 0.3) is 10.4 Å². The first kappa shape index (κ1) is 53.9. The van der Waals surface area contributed by atoms with E-state index in [2.05, 4.69) is 64.5 Å². The smallest absolute Gasteiger partial charge is 0.251 e. The van der Waals surface area contributed by atoms with Gasteiger partial charge in [-0.15, -0.1) is 11.3 Å². The van der Waals surface area contributed by atoms with E-state index in [1.165, 1.54) is 10.5 Å². The molecule has 73 heavy (non-hydrogen) atoms. The first-order chi connectivity index (χ1) is 34.5. The molecule has 390 valence electrons. The number of aliphatic hydroxyl groups is 1. The number of fused-ring (bicyclic) bond motifs is 2. The van der Waals surface area contributed by atoms with Gasteiger partial charge in [0.05, 0.1) is 45.4 Å². The fraction of sp³-hybridized carbons (Fsp3) is 0.544. The van der Waals surface area contributed by atoms with Crippen LogP contribution in [0.15, 0.2) is 72.2 Å². The molecule has 14 nitrogen and oxygen atoms in total. The number of likely N-dealkylation sites (tertiary alicyclic amines) is 2. The summed E-state index contributed by atoms with van der Waals surface area (Å²) in [7, 11) is 0. The SMILES string of the molecule is Cc1ncsc1-c1ccc([C@H](C)NC(=O)[C@H]2C[C@H](O)CN2C(=O)[C@@H](NC(=O)CN2[C@H]3CC[C@H]2CN(CCCCc2ccc(C(=O)N[C@H]4C(C)(C)[C@H](Oc5ccc(C#N)c(Cl)c5)C4(C)C)cc2)C3)C(C)(C)C)cc1. The number of nitrogens with zero attached hydrogens (tertiary/aromatic N) is 5. The summed E-state index contributed by atoms with van der Waals surface area (Å²) >= 11 is 7.86. The number of piperazine rings is 1. The second kappa shape index (κ2) is 21.8. The number of carbonyl (C=O) groups is 4. The molecule has 4 aliphatic rings. The number of ether oxygens (including phenoxy) is 1. The van der Waals surface area contributed by atoms with E-state index in [1.54, 1.807) is 29.5 Å². The third kappa shape index (κ3) is 11.8. The zero-order valence-corrected chi connectivity index (χ0v) is 45.4. The summed E-state index contributed by atoms with van der Waals surface area (Å²) < 4.78 is 6.40. The third-order valence-corrected chi connectivity index (χ3v) is 17.2. The van der Waals surface area contributed by atoms with Crippen LogP contribution in [-0.4, -0.2) is 124 Å². The van der Waals surface area contributed by atoms with Crippen LogP contribution in [0.4, 0.5) is 0 Å². The van der Waals surface area contributed by atoms with Crippen molar-refractivity contribution in [1.29, 1.82) is 5.26 Å². The van der Waals surface area contributed by atoms with E-state index in [9.17, 15) is 29.5 Å². The Morgan fingerprint density at radius 2 is 1.62 bits per heavy atom. The number of benzene rings is 3. The molecule has 6 atom stereocenters. The van der Waals surface area contributed by atoms with E-state index >= 15 is 0 Å². The molecule has 4 heterocycles. The topological polar surface area (TPSA) is 180 Å². The lowest BCUT2D eigenvalue weighted by Crippen LogP contribution is -2.74. The number of rotatable bonds is 17. The summed E-state index contributed by atoms with van der Waals surface area (Å²) in [5.41, 5.74) is 5.61. The molecule has 0 unspecified atom stereocenters. The fourth-order valence-electron chi connectivity index (χ4n) is 12.2. The van der Waals surface area contributed by atoms with E-state index < -0.39 is 23.6 Å². The van der Waals surface area contributed by atoms with Crippen molar-refractivity contribution >= 4 is 46.6 Å². The molecule has 4 aromatic rings. The van der Waals surface area contributed by atoms with Crippen molar-refractivity contribution in [2.75, 3.05) is 32.7 Å². The van der Waals surface area contributed by atoms with E-state index in [-0.39, 0.29) is 84.2 Å². The summed E-state index contributed by atoms with van der Waals surface area (Å²) in [5.74, 6) is -0.433. The number of carbonyl (C=O) groups excluding carboxylic acids is 4. The predicted octanol–water partition coefficient (Wildman–Crippen LogP) is 8.10. The number of thiazole rings is 1. The van der Waals surface area contributed by atoms with Gasteiger partial charge in [-0.25, -0.2) is 4.98 Å². The number of nitrogens with one attached hydrogen (secondary N) is 3. The second-order valence-corrected chi connectivity index (χ2v) is 24.4. The molecule has 2 bridgehead atoms. The highest BCUT2D eigenvalue weighted by Gasteiger charge is 2.64. The molecule has 4 amide bonds. The van der Waals surface area contributed by atoms with Crippen LogP contribution in [0.3, 0.4) is 0 Å². The molecular weight excluding hydrogens is 960 g/mol. The Kier molecular flexibility index (Phi) is 16.1. The quantitative estimate of drug-likeness (QED) is 0.0756. The molecule has 3 aromatic carbocycles. The van der Waals surface area contributed by atoms with Gasteiger partial charge < -0.3 is 35.6 Å². The van der Waals surface area contributed by atoms with Crippen molar-refractivity contribution < 1.29 is 29.0 Å². The first-order valence-corrected chi connectivity index (χ1v) is 27.1. The lowest BCUT2D eigenvalue weighted by Gasteiger charge is -2.63. The molecule has 4 N–H and O–H groups in total. The van der Waals surface area contributed by atoms with Gasteiger partial charge in [0.1, 0.15) is 30.0 Å². The molecule has 16 heteroatoms. The van der Waals surface area contributed by atoms with Gasteiger partial charge in [-0.2, -0.15) is 5.26 Å². The van der Waals surface area contributed by atoms with E-state index in [1.807, 2.05) is 88.7 Å². The van der Waals surface area contributed by atoms with Crippen molar-refractivity contribution in [3.8, 4) is 22.3 Å². The average molecular weight is 1030 g/mol. The van der Waals surface area contributed by atoms with Crippen molar-refractivity contribution in [2.45, 2.75) is 149 Å². The van der Waals surface area contributed by atoms with Crippen LogP contribution < -0.4 is 20.7 Å². The van der Waals surface area contributed by atoms with Crippen LogP contribution in [0.1, 0.15) is 126 Å². The van der Waals surface area contributed by atoms with Gasteiger partial charge >= 0.3 is 0 Å². The number of amides is 4. The van der Waals surface area contributed by atoms with Gasteiger partial charge in [-0.1, -0.05) is 96.5 Å². The zero-order chi connectivity index (χ0) is 52.6. The molecule has 1 saturated carbocycles. The van der Waals surface area contributed by atoms with Crippen LogP contribution >= 0.6 is 22.9 Å². The van der Waals surface area contributed by atoms with E-state index in [0.717, 1.165) is 73.4 Å². The summed E-state index contributed by atoms with van der Waals surface area (Å²) in [6, 6.07) is 21.4. The number of unbranched alkanes of at least 4 members (excludes halogenated alkanes) is 1. The molecule has 1 aliphatic carbocycles. The fourth-order valence-corrected chi connectivity index (χ4v) is 13.2. The number of hydrogen-bond acceptors (Lipinski definition) is 11. The number of halogens is 1. The summed E-state index contributed by atoms with van der Waals surface area (Å²) in [6.07, 6.45) is 4.08. The van der Waals surface area contributed by atoms with Crippen molar-refractivity contribution in [3.05, 3.63) is 105 Å². The van der Waals surface area contributed by atoms with Gasteiger partial charge in [0, 0.05) is 66.6 Å². The minimum atomic E-state index is -0.891.